The molecule has 5 heteroatoms. The first-order valence-electron chi connectivity index (χ1n) is 8.61. The highest BCUT2D eigenvalue weighted by atomic mass is 16.3. The van der Waals surface area contributed by atoms with E-state index in [1.165, 1.54) is 5.56 Å². The van der Waals surface area contributed by atoms with E-state index in [1.807, 2.05) is 58.9 Å². The molecule has 1 aliphatic heterocycles. The Bertz CT molecular complexity index is 918. The van der Waals surface area contributed by atoms with Gasteiger partial charge in [0.15, 0.2) is 0 Å². The van der Waals surface area contributed by atoms with Crippen molar-refractivity contribution in [1.82, 2.24) is 14.5 Å². The summed E-state index contributed by atoms with van der Waals surface area (Å²) in [4.78, 5) is 19.4. The number of aliphatic hydroxyl groups is 1. The van der Waals surface area contributed by atoms with Crippen LogP contribution in [-0.2, 0) is 11.2 Å². The molecule has 3 aromatic rings. The Morgan fingerprint density at radius 3 is 2.84 bits per heavy atom. The van der Waals surface area contributed by atoms with Crippen LogP contribution in [-0.4, -0.2) is 38.6 Å². The lowest BCUT2D eigenvalue weighted by Gasteiger charge is -2.38. The van der Waals surface area contributed by atoms with Crippen LogP contribution in [0.15, 0.2) is 54.9 Å². The maximum Gasteiger partial charge on any atom is 0.246 e. The molecular formula is C20H21N3O2. The van der Waals surface area contributed by atoms with Crippen LogP contribution in [0, 0.1) is 0 Å². The quantitative estimate of drug-likeness (QED) is 0.801. The number of carbonyl (C=O) groups excluding carboxylic acids is 1. The number of aliphatic hydroxyl groups excluding tert-OH is 1. The fourth-order valence-corrected chi connectivity index (χ4v) is 3.76. The van der Waals surface area contributed by atoms with Gasteiger partial charge in [-0.2, -0.15) is 0 Å². The molecule has 2 heterocycles. The van der Waals surface area contributed by atoms with Crippen molar-refractivity contribution in [3.63, 3.8) is 0 Å². The number of amides is 1. The van der Waals surface area contributed by atoms with E-state index in [1.54, 1.807) is 6.33 Å². The van der Waals surface area contributed by atoms with Crippen molar-refractivity contribution in [3.8, 4) is 0 Å². The van der Waals surface area contributed by atoms with Crippen LogP contribution in [0.2, 0.25) is 0 Å². The van der Waals surface area contributed by atoms with Gasteiger partial charge in [0, 0.05) is 6.54 Å². The van der Waals surface area contributed by atoms with E-state index in [-0.39, 0.29) is 24.6 Å². The Labute approximate surface area is 146 Å². The lowest BCUT2D eigenvalue weighted by molar-refractivity contribution is -0.138. The van der Waals surface area contributed by atoms with Crippen molar-refractivity contribution in [2.24, 2.45) is 0 Å². The summed E-state index contributed by atoms with van der Waals surface area (Å²) in [5.41, 5.74) is 4.09. The summed E-state index contributed by atoms with van der Waals surface area (Å²) in [6, 6.07) is 15.2. The van der Waals surface area contributed by atoms with Gasteiger partial charge in [-0.05, 0) is 36.6 Å². The van der Waals surface area contributed by atoms with E-state index >= 15 is 0 Å². The highest BCUT2D eigenvalue weighted by Gasteiger charge is 2.33. The molecule has 0 radical (unpaired) electrons. The first-order valence-corrected chi connectivity index (χ1v) is 8.61. The van der Waals surface area contributed by atoms with Crippen molar-refractivity contribution >= 4 is 16.9 Å². The minimum atomic E-state index is -0.369. The van der Waals surface area contributed by atoms with E-state index in [4.69, 9.17) is 0 Å². The second kappa shape index (κ2) is 6.33. The van der Waals surface area contributed by atoms with E-state index in [0.29, 0.717) is 6.54 Å². The molecule has 4 rings (SSSR count). The predicted molar refractivity (Wildman–Crippen MR) is 96.1 cm³/mol. The lowest BCUT2D eigenvalue weighted by Crippen LogP contribution is -2.44. The Balaban J connectivity index is 1.66. The van der Waals surface area contributed by atoms with Gasteiger partial charge >= 0.3 is 0 Å². The fourth-order valence-electron chi connectivity index (χ4n) is 3.76. The van der Waals surface area contributed by atoms with Crippen LogP contribution in [0.25, 0.3) is 11.0 Å². The van der Waals surface area contributed by atoms with Gasteiger partial charge in [-0.3, -0.25) is 4.79 Å². The number of imidazole rings is 1. The third-order valence-electron chi connectivity index (χ3n) is 5.12. The number of aromatic nitrogens is 2. The predicted octanol–water partition coefficient (Wildman–Crippen LogP) is 2.72. The minimum absolute atomic E-state index is 0.0108. The molecule has 1 aliphatic rings. The van der Waals surface area contributed by atoms with Gasteiger partial charge in [0.2, 0.25) is 5.91 Å². The monoisotopic (exact) mass is 335 g/mol. The summed E-state index contributed by atoms with van der Waals surface area (Å²) in [5.74, 6) is 0.0108. The van der Waals surface area contributed by atoms with Crippen LogP contribution >= 0.6 is 0 Å². The van der Waals surface area contributed by atoms with Crippen LogP contribution < -0.4 is 0 Å². The molecule has 1 amide bonds. The third-order valence-corrected chi connectivity index (χ3v) is 5.12. The van der Waals surface area contributed by atoms with Gasteiger partial charge in [0.1, 0.15) is 6.04 Å². The molecule has 0 saturated carbocycles. The van der Waals surface area contributed by atoms with Crippen molar-refractivity contribution in [2.75, 3.05) is 13.2 Å². The Morgan fingerprint density at radius 1 is 1.24 bits per heavy atom. The van der Waals surface area contributed by atoms with Gasteiger partial charge in [-0.15, -0.1) is 0 Å². The zero-order chi connectivity index (χ0) is 17.4. The first kappa shape index (κ1) is 15.8. The van der Waals surface area contributed by atoms with Crippen molar-refractivity contribution in [1.29, 1.82) is 0 Å². The number of nitrogens with zero attached hydrogens (tertiary/aromatic N) is 3. The molecule has 5 nitrogen and oxygen atoms in total. The average Bonchev–Trinajstić information content (AvgIpc) is 3.10. The summed E-state index contributed by atoms with van der Waals surface area (Å²) < 4.78 is 1.91. The smallest absolute Gasteiger partial charge is 0.246 e. The van der Waals surface area contributed by atoms with E-state index < -0.39 is 0 Å². The maximum atomic E-state index is 13.2. The molecule has 2 atom stereocenters. The van der Waals surface area contributed by atoms with E-state index in [0.717, 1.165) is 23.0 Å². The van der Waals surface area contributed by atoms with Crippen molar-refractivity contribution in [2.45, 2.75) is 25.4 Å². The fraction of sp³-hybridized carbons (Fsp3) is 0.300. The summed E-state index contributed by atoms with van der Waals surface area (Å²) in [6.07, 6.45) is 2.54. The summed E-state index contributed by atoms with van der Waals surface area (Å²) in [7, 11) is 0. The number of para-hydroxylation sites is 2. The van der Waals surface area contributed by atoms with Crippen molar-refractivity contribution in [3.05, 3.63) is 66.0 Å². The van der Waals surface area contributed by atoms with Crippen LogP contribution in [0.1, 0.15) is 30.1 Å². The van der Waals surface area contributed by atoms with Crippen LogP contribution in [0.4, 0.5) is 0 Å². The number of fused-ring (bicyclic) bond motifs is 2. The molecule has 128 valence electrons. The SMILES string of the molecule is CC(C(=O)N1CCc2ccccc2C1CO)n1cnc2ccccc21. The van der Waals surface area contributed by atoms with Gasteiger partial charge < -0.3 is 14.6 Å². The molecule has 2 unspecified atom stereocenters. The Hall–Kier alpha value is -2.66. The van der Waals surface area contributed by atoms with Crippen LogP contribution in [0.3, 0.4) is 0 Å². The molecule has 1 N–H and O–H groups in total. The molecule has 25 heavy (non-hydrogen) atoms. The van der Waals surface area contributed by atoms with Gasteiger partial charge in [-0.25, -0.2) is 4.98 Å². The highest BCUT2D eigenvalue weighted by molar-refractivity contribution is 5.84. The topological polar surface area (TPSA) is 58.4 Å². The number of carbonyl (C=O) groups is 1. The molecule has 2 aromatic carbocycles. The second-order valence-corrected chi connectivity index (χ2v) is 6.50. The number of benzene rings is 2. The Kier molecular flexibility index (Phi) is 4.01. The highest BCUT2D eigenvalue weighted by Crippen LogP contribution is 2.31. The molecule has 0 aliphatic carbocycles. The lowest BCUT2D eigenvalue weighted by atomic mass is 9.92. The van der Waals surface area contributed by atoms with E-state index in [2.05, 4.69) is 11.1 Å². The average molecular weight is 335 g/mol. The van der Waals surface area contributed by atoms with Gasteiger partial charge in [0.05, 0.1) is 30.0 Å². The van der Waals surface area contributed by atoms with Gasteiger partial charge in [0.25, 0.3) is 0 Å². The zero-order valence-corrected chi connectivity index (χ0v) is 14.2. The normalized spacial score (nSPS) is 18.2. The molecular weight excluding hydrogens is 314 g/mol. The number of hydrogen-bond donors (Lipinski definition) is 1. The standard InChI is InChI=1S/C20H21N3O2/c1-14(23-13-21-17-8-4-5-9-18(17)23)20(25)22-11-10-15-6-2-3-7-16(15)19(22)12-24/h2-9,13-14,19,24H,10-12H2,1H3. The zero-order valence-electron chi connectivity index (χ0n) is 14.2. The molecule has 1 aromatic heterocycles. The summed E-state index contributed by atoms with van der Waals surface area (Å²) in [6.45, 7) is 2.45. The first-order chi connectivity index (χ1) is 12.2. The summed E-state index contributed by atoms with van der Waals surface area (Å²) >= 11 is 0. The van der Waals surface area contributed by atoms with Crippen molar-refractivity contribution < 1.29 is 9.90 Å². The molecule has 0 spiro atoms. The molecule has 0 bridgehead atoms. The Morgan fingerprint density at radius 2 is 2.00 bits per heavy atom. The largest absolute Gasteiger partial charge is 0.394 e. The summed E-state index contributed by atoms with van der Waals surface area (Å²) in [5, 5.41) is 9.93. The number of hydrogen-bond acceptors (Lipinski definition) is 3. The second-order valence-electron chi connectivity index (χ2n) is 6.50. The maximum absolute atomic E-state index is 13.2. The van der Waals surface area contributed by atoms with Gasteiger partial charge in [-0.1, -0.05) is 36.4 Å². The minimum Gasteiger partial charge on any atom is -0.394 e. The van der Waals surface area contributed by atoms with E-state index in [9.17, 15) is 9.90 Å². The molecule has 0 fully saturated rings. The third kappa shape index (κ3) is 2.61. The molecule has 0 saturated heterocycles. The van der Waals surface area contributed by atoms with Crippen LogP contribution in [0.5, 0.6) is 0 Å². The number of rotatable bonds is 3.